The van der Waals surface area contributed by atoms with Crippen LogP contribution >= 0.6 is 11.6 Å². The van der Waals surface area contributed by atoms with Crippen LogP contribution in [0.25, 0.3) is 0 Å². The number of oxime groups is 1. The SMILES string of the molecule is COC(=O)C12CCCC1C(c1cc(N3C(=O)C4CCCCC4C3=O)c(F)cc1Cl)=NO2. The molecule has 4 aliphatic rings. The lowest BCUT2D eigenvalue weighted by atomic mass is 9.81. The second-order valence-electron chi connectivity index (χ2n) is 8.69. The lowest BCUT2D eigenvalue weighted by Crippen LogP contribution is -2.43. The Morgan fingerprint density at radius 3 is 2.52 bits per heavy atom. The van der Waals surface area contributed by atoms with Crippen LogP contribution in [0.4, 0.5) is 10.1 Å². The van der Waals surface area contributed by atoms with Crippen molar-refractivity contribution in [2.45, 2.75) is 50.5 Å². The molecule has 2 heterocycles. The predicted octanol–water partition coefficient (Wildman–Crippen LogP) is 3.60. The highest BCUT2D eigenvalue weighted by Gasteiger charge is 2.59. The number of nitrogens with zero attached hydrogens (tertiary/aromatic N) is 2. The van der Waals surface area contributed by atoms with Gasteiger partial charge in [-0.15, -0.1) is 0 Å². The minimum Gasteiger partial charge on any atom is -0.466 e. The van der Waals surface area contributed by atoms with Crippen LogP contribution in [0.1, 0.15) is 50.5 Å². The summed E-state index contributed by atoms with van der Waals surface area (Å²) in [5, 5.41) is 4.20. The summed E-state index contributed by atoms with van der Waals surface area (Å²) in [4.78, 5) is 44.9. The van der Waals surface area contributed by atoms with Gasteiger partial charge in [0.15, 0.2) is 0 Å². The van der Waals surface area contributed by atoms with Crippen molar-refractivity contribution in [3.8, 4) is 0 Å². The maximum atomic E-state index is 14.9. The molecule has 4 atom stereocenters. The van der Waals surface area contributed by atoms with E-state index in [1.807, 2.05) is 0 Å². The maximum absolute atomic E-state index is 14.9. The summed E-state index contributed by atoms with van der Waals surface area (Å²) in [5.41, 5.74) is -0.576. The normalized spacial score (nSPS) is 31.9. The molecular formula is C22H22ClFN2O5. The number of anilines is 1. The van der Waals surface area contributed by atoms with Gasteiger partial charge in [0.25, 0.3) is 0 Å². The van der Waals surface area contributed by atoms with E-state index >= 15 is 0 Å². The van der Waals surface area contributed by atoms with E-state index in [4.69, 9.17) is 21.2 Å². The molecule has 0 aromatic heterocycles. The lowest BCUT2D eigenvalue weighted by molar-refractivity contribution is -0.168. The lowest BCUT2D eigenvalue weighted by Gasteiger charge is -2.24. The van der Waals surface area contributed by atoms with Crippen molar-refractivity contribution >= 4 is 40.8 Å². The Kier molecular flexibility index (Phi) is 4.80. The number of halogens is 2. The third kappa shape index (κ3) is 2.83. The molecule has 2 aliphatic carbocycles. The van der Waals surface area contributed by atoms with Gasteiger partial charge in [0.1, 0.15) is 5.82 Å². The Bertz CT molecular complexity index is 1000. The van der Waals surface area contributed by atoms with Crippen LogP contribution < -0.4 is 4.90 Å². The van der Waals surface area contributed by atoms with Crippen molar-refractivity contribution in [1.82, 2.24) is 0 Å². The summed E-state index contributed by atoms with van der Waals surface area (Å²) in [6.07, 6.45) is 4.85. The first-order valence-electron chi connectivity index (χ1n) is 10.6. The molecule has 31 heavy (non-hydrogen) atoms. The van der Waals surface area contributed by atoms with Gasteiger partial charge in [-0.1, -0.05) is 29.6 Å². The molecule has 1 saturated heterocycles. The number of carbonyl (C=O) groups is 3. The molecule has 2 aliphatic heterocycles. The number of benzene rings is 1. The largest absolute Gasteiger partial charge is 0.466 e. The number of rotatable bonds is 3. The Labute approximate surface area is 183 Å². The first-order valence-corrected chi connectivity index (χ1v) is 11.0. The van der Waals surface area contributed by atoms with E-state index in [2.05, 4.69) is 5.16 Å². The zero-order chi connectivity index (χ0) is 21.9. The van der Waals surface area contributed by atoms with E-state index in [9.17, 15) is 18.8 Å². The molecular weight excluding hydrogens is 427 g/mol. The number of hydrogen-bond acceptors (Lipinski definition) is 6. The van der Waals surface area contributed by atoms with Gasteiger partial charge >= 0.3 is 5.97 Å². The number of carbonyl (C=O) groups excluding carboxylic acids is 3. The molecule has 1 aromatic rings. The summed E-state index contributed by atoms with van der Waals surface area (Å²) in [6, 6.07) is 2.48. The third-order valence-corrected chi connectivity index (χ3v) is 7.48. The number of ether oxygens (including phenoxy) is 1. The van der Waals surface area contributed by atoms with Gasteiger partial charge in [0.05, 0.1) is 41.3 Å². The Morgan fingerprint density at radius 2 is 1.87 bits per heavy atom. The summed E-state index contributed by atoms with van der Waals surface area (Å²) in [6.45, 7) is 0. The predicted molar refractivity (Wildman–Crippen MR) is 109 cm³/mol. The second-order valence-corrected chi connectivity index (χ2v) is 9.09. The van der Waals surface area contributed by atoms with Crippen LogP contribution in [0.5, 0.6) is 0 Å². The highest BCUT2D eigenvalue weighted by Crippen LogP contribution is 2.48. The van der Waals surface area contributed by atoms with Gasteiger partial charge in [-0.2, -0.15) is 0 Å². The molecule has 2 amide bonds. The smallest absolute Gasteiger partial charge is 0.353 e. The number of fused-ring (bicyclic) bond motifs is 2. The Hall–Kier alpha value is -2.48. The van der Waals surface area contributed by atoms with Crippen molar-refractivity contribution in [2.75, 3.05) is 12.0 Å². The topological polar surface area (TPSA) is 85.3 Å². The minimum absolute atomic E-state index is 0.0766. The minimum atomic E-state index is -1.21. The molecule has 0 spiro atoms. The molecule has 164 valence electrons. The number of imide groups is 1. The standard InChI is InChI=1S/C22H22ClFN2O5/c1-30-21(29)22-8-4-7-14(22)18(25-31-22)13-9-17(16(24)10-15(13)23)26-19(27)11-5-2-3-6-12(11)20(26)28/h9-12,14H,2-8H2,1H3. The van der Waals surface area contributed by atoms with Crippen LogP contribution in [0.2, 0.25) is 5.02 Å². The third-order valence-electron chi connectivity index (χ3n) is 7.17. The highest BCUT2D eigenvalue weighted by molar-refractivity contribution is 6.35. The van der Waals surface area contributed by atoms with E-state index in [0.717, 1.165) is 30.2 Å². The van der Waals surface area contributed by atoms with Gasteiger partial charge in [-0.3, -0.25) is 9.59 Å². The fraction of sp³-hybridized carbons (Fsp3) is 0.545. The molecule has 0 bridgehead atoms. The van der Waals surface area contributed by atoms with Crippen LogP contribution in [-0.2, 0) is 24.0 Å². The van der Waals surface area contributed by atoms with E-state index in [-0.39, 0.29) is 22.5 Å². The molecule has 0 radical (unpaired) electrons. The summed E-state index contributed by atoms with van der Waals surface area (Å²) in [7, 11) is 1.29. The van der Waals surface area contributed by atoms with Crippen molar-refractivity contribution in [3.05, 3.63) is 28.5 Å². The van der Waals surface area contributed by atoms with Crippen molar-refractivity contribution in [2.24, 2.45) is 22.9 Å². The van der Waals surface area contributed by atoms with E-state index in [1.54, 1.807) is 0 Å². The van der Waals surface area contributed by atoms with Gasteiger partial charge in [0, 0.05) is 12.0 Å². The molecule has 7 nitrogen and oxygen atoms in total. The molecule has 2 saturated carbocycles. The van der Waals surface area contributed by atoms with Gasteiger partial charge in [0.2, 0.25) is 17.4 Å². The number of methoxy groups -OCH3 is 1. The van der Waals surface area contributed by atoms with Gasteiger partial charge in [-0.25, -0.2) is 14.1 Å². The monoisotopic (exact) mass is 448 g/mol. The number of amides is 2. The zero-order valence-corrected chi connectivity index (χ0v) is 17.8. The molecule has 4 unspecified atom stereocenters. The molecule has 5 rings (SSSR count). The zero-order valence-electron chi connectivity index (χ0n) is 17.0. The first kappa shape index (κ1) is 20.4. The maximum Gasteiger partial charge on any atom is 0.353 e. The molecule has 0 N–H and O–H groups in total. The van der Waals surface area contributed by atoms with E-state index in [0.29, 0.717) is 37.0 Å². The van der Waals surface area contributed by atoms with E-state index in [1.165, 1.54) is 13.2 Å². The second kappa shape index (κ2) is 7.29. The summed E-state index contributed by atoms with van der Waals surface area (Å²) < 4.78 is 19.9. The molecule has 3 fully saturated rings. The average Bonchev–Trinajstić information content (AvgIpc) is 3.41. The number of esters is 1. The van der Waals surface area contributed by atoms with E-state index < -0.39 is 35.1 Å². The average molecular weight is 449 g/mol. The Morgan fingerprint density at radius 1 is 1.19 bits per heavy atom. The van der Waals surface area contributed by atoms with Crippen LogP contribution in [-0.4, -0.2) is 36.2 Å². The van der Waals surface area contributed by atoms with Crippen molar-refractivity contribution < 1.29 is 28.3 Å². The van der Waals surface area contributed by atoms with Crippen molar-refractivity contribution in [3.63, 3.8) is 0 Å². The van der Waals surface area contributed by atoms with Gasteiger partial charge < -0.3 is 9.57 Å². The fourth-order valence-electron chi connectivity index (χ4n) is 5.63. The fourth-order valence-corrected chi connectivity index (χ4v) is 5.88. The van der Waals surface area contributed by atoms with Crippen LogP contribution in [0.15, 0.2) is 17.3 Å². The van der Waals surface area contributed by atoms with Crippen molar-refractivity contribution in [1.29, 1.82) is 0 Å². The summed E-state index contributed by atoms with van der Waals surface area (Å²) >= 11 is 6.35. The van der Waals surface area contributed by atoms with Crippen LogP contribution in [0.3, 0.4) is 0 Å². The van der Waals surface area contributed by atoms with Gasteiger partial charge in [-0.05, 0) is 37.8 Å². The Balaban J connectivity index is 1.54. The summed E-state index contributed by atoms with van der Waals surface area (Å²) in [5.74, 6) is -3.18. The quantitative estimate of drug-likeness (QED) is 0.521. The van der Waals surface area contributed by atoms with Crippen LogP contribution in [0, 0.1) is 23.6 Å². The molecule has 1 aromatic carbocycles. The molecule has 9 heteroatoms. The first-order chi connectivity index (χ1) is 14.9. The number of hydrogen-bond donors (Lipinski definition) is 0. The highest BCUT2D eigenvalue weighted by atomic mass is 35.5.